The first-order valence-electron chi connectivity index (χ1n) is 6.23. The third kappa shape index (κ3) is 10.2. The lowest BCUT2D eigenvalue weighted by Crippen LogP contribution is -2.34. The van der Waals surface area contributed by atoms with Crippen molar-refractivity contribution in [1.29, 1.82) is 0 Å². The zero-order chi connectivity index (χ0) is 11.4. The third-order valence-electron chi connectivity index (χ3n) is 2.12. The van der Waals surface area contributed by atoms with Crippen LogP contribution in [0.2, 0.25) is 0 Å². The summed E-state index contributed by atoms with van der Waals surface area (Å²) >= 11 is 0. The second-order valence-electron chi connectivity index (χ2n) is 3.73. The van der Waals surface area contributed by atoms with Gasteiger partial charge < -0.3 is 14.8 Å². The molecule has 0 amide bonds. The monoisotopic (exact) mass is 217 g/mol. The van der Waals surface area contributed by atoms with Gasteiger partial charge in [0.15, 0.2) is 0 Å². The average Bonchev–Trinajstić information content (AvgIpc) is 2.24. The minimum Gasteiger partial charge on any atom is -0.381 e. The van der Waals surface area contributed by atoms with Crippen molar-refractivity contribution < 1.29 is 9.47 Å². The van der Waals surface area contributed by atoms with E-state index in [2.05, 4.69) is 26.1 Å². The molecule has 15 heavy (non-hydrogen) atoms. The SMILES string of the molecule is CCCOCCC(COCCC)NCC. The predicted octanol–water partition coefficient (Wildman–Crippen LogP) is 2.21. The van der Waals surface area contributed by atoms with Crippen molar-refractivity contribution in [2.24, 2.45) is 0 Å². The second kappa shape index (κ2) is 12.0. The van der Waals surface area contributed by atoms with E-state index >= 15 is 0 Å². The van der Waals surface area contributed by atoms with Gasteiger partial charge in [0.05, 0.1) is 6.61 Å². The molecule has 1 atom stereocenters. The van der Waals surface area contributed by atoms with E-state index in [1.54, 1.807) is 0 Å². The molecule has 3 nitrogen and oxygen atoms in total. The number of rotatable bonds is 11. The zero-order valence-corrected chi connectivity index (χ0v) is 10.6. The number of likely N-dealkylation sites (N-methyl/N-ethyl adjacent to an activating group) is 1. The largest absolute Gasteiger partial charge is 0.381 e. The van der Waals surface area contributed by atoms with Gasteiger partial charge in [0.1, 0.15) is 0 Å². The molecule has 92 valence electrons. The summed E-state index contributed by atoms with van der Waals surface area (Å²) in [7, 11) is 0. The zero-order valence-electron chi connectivity index (χ0n) is 10.6. The number of ether oxygens (including phenoxy) is 2. The van der Waals surface area contributed by atoms with Gasteiger partial charge in [-0.1, -0.05) is 20.8 Å². The van der Waals surface area contributed by atoms with Crippen LogP contribution in [0.15, 0.2) is 0 Å². The van der Waals surface area contributed by atoms with Gasteiger partial charge in [-0.3, -0.25) is 0 Å². The van der Waals surface area contributed by atoms with E-state index in [0.29, 0.717) is 6.04 Å². The second-order valence-corrected chi connectivity index (χ2v) is 3.73. The number of hydrogen-bond acceptors (Lipinski definition) is 3. The van der Waals surface area contributed by atoms with Crippen LogP contribution in [0.4, 0.5) is 0 Å². The fraction of sp³-hybridized carbons (Fsp3) is 1.00. The van der Waals surface area contributed by atoms with E-state index in [0.717, 1.165) is 52.2 Å². The maximum Gasteiger partial charge on any atom is 0.0620 e. The van der Waals surface area contributed by atoms with Crippen molar-refractivity contribution in [3.05, 3.63) is 0 Å². The Morgan fingerprint density at radius 2 is 1.60 bits per heavy atom. The molecule has 0 spiro atoms. The normalized spacial score (nSPS) is 13.0. The van der Waals surface area contributed by atoms with Gasteiger partial charge >= 0.3 is 0 Å². The van der Waals surface area contributed by atoms with E-state index in [9.17, 15) is 0 Å². The number of nitrogens with one attached hydrogen (secondary N) is 1. The van der Waals surface area contributed by atoms with Crippen LogP contribution >= 0.6 is 0 Å². The summed E-state index contributed by atoms with van der Waals surface area (Å²) < 4.78 is 11.0. The van der Waals surface area contributed by atoms with Crippen molar-refractivity contribution in [2.45, 2.75) is 46.1 Å². The van der Waals surface area contributed by atoms with Gasteiger partial charge in [-0.05, 0) is 25.8 Å². The number of hydrogen-bond donors (Lipinski definition) is 1. The predicted molar refractivity (Wildman–Crippen MR) is 64.3 cm³/mol. The maximum atomic E-state index is 5.54. The van der Waals surface area contributed by atoms with E-state index < -0.39 is 0 Å². The fourth-order valence-corrected chi connectivity index (χ4v) is 1.37. The van der Waals surface area contributed by atoms with E-state index in [1.165, 1.54) is 0 Å². The van der Waals surface area contributed by atoms with E-state index in [1.807, 2.05) is 0 Å². The molecule has 0 bridgehead atoms. The van der Waals surface area contributed by atoms with Crippen LogP contribution in [0.1, 0.15) is 40.0 Å². The molecule has 0 heterocycles. The minimum absolute atomic E-state index is 0.443. The summed E-state index contributed by atoms with van der Waals surface area (Å²) in [6, 6.07) is 0.443. The van der Waals surface area contributed by atoms with Crippen LogP contribution in [0, 0.1) is 0 Å². The maximum absolute atomic E-state index is 5.54. The lowest BCUT2D eigenvalue weighted by Gasteiger charge is -2.17. The Kier molecular flexibility index (Phi) is 11.9. The van der Waals surface area contributed by atoms with Crippen LogP contribution in [-0.4, -0.2) is 39.0 Å². The Labute approximate surface area is 94.5 Å². The van der Waals surface area contributed by atoms with Crippen molar-refractivity contribution in [3.63, 3.8) is 0 Å². The molecule has 0 rings (SSSR count). The van der Waals surface area contributed by atoms with Crippen molar-refractivity contribution in [1.82, 2.24) is 5.32 Å². The summed E-state index contributed by atoms with van der Waals surface area (Å²) in [5.41, 5.74) is 0. The Morgan fingerprint density at radius 3 is 2.20 bits per heavy atom. The Bertz CT molecular complexity index is 120. The summed E-state index contributed by atoms with van der Waals surface area (Å²) in [6.07, 6.45) is 3.22. The van der Waals surface area contributed by atoms with Crippen molar-refractivity contribution in [2.75, 3.05) is 33.0 Å². The first-order valence-corrected chi connectivity index (χ1v) is 6.23. The summed E-state index contributed by atoms with van der Waals surface area (Å²) in [6.45, 7) is 10.7. The molecule has 0 radical (unpaired) electrons. The molecular weight excluding hydrogens is 190 g/mol. The summed E-state index contributed by atoms with van der Waals surface area (Å²) in [5, 5.41) is 3.41. The van der Waals surface area contributed by atoms with Gasteiger partial charge in [-0.25, -0.2) is 0 Å². The van der Waals surface area contributed by atoms with Crippen LogP contribution in [0.5, 0.6) is 0 Å². The lowest BCUT2D eigenvalue weighted by atomic mass is 10.2. The molecule has 0 aliphatic rings. The fourth-order valence-electron chi connectivity index (χ4n) is 1.37. The van der Waals surface area contributed by atoms with Crippen molar-refractivity contribution >= 4 is 0 Å². The van der Waals surface area contributed by atoms with Gasteiger partial charge in [0.25, 0.3) is 0 Å². The Morgan fingerprint density at radius 1 is 0.933 bits per heavy atom. The molecule has 1 unspecified atom stereocenters. The average molecular weight is 217 g/mol. The molecule has 0 aromatic rings. The molecule has 0 saturated heterocycles. The van der Waals surface area contributed by atoms with E-state index in [-0.39, 0.29) is 0 Å². The topological polar surface area (TPSA) is 30.5 Å². The Hall–Kier alpha value is -0.120. The highest BCUT2D eigenvalue weighted by molar-refractivity contribution is 4.64. The molecular formula is C12H27NO2. The minimum atomic E-state index is 0.443. The summed E-state index contributed by atoms with van der Waals surface area (Å²) in [5.74, 6) is 0. The standard InChI is InChI=1S/C12H27NO2/c1-4-8-14-10-7-12(13-6-3)11-15-9-5-2/h12-13H,4-11H2,1-3H3. The quantitative estimate of drug-likeness (QED) is 0.538. The highest BCUT2D eigenvalue weighted by Gasteiger charge is 2.06. The van der Waals surface area contributed by atoms with Gasteiger partial charge in [-0.15, -0.1) is 0 Å². The molecule has 0 fully saturated rings. The van der Waals surface area contributed by atoms with Crippen LogP contribution in [0.25, 0.3) is 0 Å². The molecule has 0 aromatic heterocycles. The molecule has 0 saturated carbocycles. The molecule has 0 aliphatic heterocycles. The highest BCUT2D eigenvalue weighted by atomic mass is 16.5. The molecule has 1 N–H and O–H groups in total. The Balaban J connectivity index is 3.44. The van der Waals surface area contributed by atoms with Crippen molar-refractivity contribution in [3.8, 4) is 0 Å². The first kappa shape index (κ1) is 14.9. The molecule has 3 heteroatoms. The smallest absolute Gasteiger partial charge is 0.0620 e. The van der Waals surface area contributed by atoms with Gasteiger partial charge in [-0.2, -0.15) is 0 Å². The van der Waals surface area contributed by atoms with Crippen LogP contribution in [0.3, 0.4) is 0 Å². The lowest BCUT2D eigenvalue weighted by molar-refractivity contribution is 0.0835. The molecule has 0 aliphatic carbocycles. The summed E-state index contributed by atoms with van der Waals surface area (Å²) in [4.78, 5) is 0. The van der Waals surface area contributed by atoms with E-state index in [4.69, 9.17) is 9.47 Å². The van der Waals surface area contributed by atoms with Gasteiger partial charge in [0, 0.05) is 25.9 Å². The van der Waals surface area contributed by atoms with Gasteiger partial charge in [0.2, 0.25) is 0 Å². The van der Waals surface area contributed by atoms with Crippen LogP contribution in [-0.2, 0) is 9.47 Å². The molecule has 0 aromatic carbocycles. The van der Waals surface area contributed by atoms with Crippen LogP contribution < -0.4 is 5.32 Å². The highest BCUT2D eigenvalue weighted by Crippen LogP contribution is 1.96. The third-order valence-corrected chi connectivity index (χ3v) is 2.12. The first-order chi connectivity index (χ1) is 7.35.